The van der Waals surface area contributed by atoms with Crippen LogP contribution >= 0.6 is 0 Å². The summed E-state index contributed by atoms with van der Waals surface area (Å²) < 4.78 is 5.38. The lowest BCUT2D eigenvalue weighted by Gasteiger charge is -2.58. The summed E-state index contributed by atoms with van der Waals surface area (Å²) in [6.45, 7) is 0.307. The SMILES string of the molecule is O=C(N[C@]12CC3CC(C1)[C@@H](O)C(C3)C2)OCc1ccccc1. The van der Waals surface area contributed by atoms with E-state index in [2.05, 4.69) is 5.32 Å². The highest BCUT2D eigenvalue weighted by Crippen LogP contribution is 2.55. The molecule has 0 aromatic heterocycles. The van der Waals surface area contributed by atoms with Crippen molar-refractivity contribution in [3.8, 4) is 0 Å². The third-order valence-corrected chi connectivity index (χ3v) is 5.80. The fourth-order valence-electron chi connectivity index (χ4n) is 5.13. The van der Waals surface area contributed by atoms with Gasteiger partial charge >= 0.3 is 6.09 Å². The molecule has 4 bridgehead atoms. The highest BCUT2D eigenvalue weighted by Gasteiger charge is 2.55. The maximum Gasteiger partial charge on any atom is 0.407 e. The van der Waals surface area contributed by atoms with Gasteiger partial charge in [0.2, 0.25) is 0 Å². The summed E-state index contributed by atoms with van der Waals surface area (Å²) in [4.78, 5) is 12.2. The van der Waals surface area contributed by atoms with E-state index in [-0.39, 0.29) is 17.7 Å². The van der Waals surface area contributed by atoms with Crippen molar-refractivity contribution in [3.05, 3.63) is 35.9 Å². The number of hydrogen-bond acceptors (Lipinski definition) is 3. The number of rotatable bonds is 3. The molecule has 0 saturated heterocycles. The molecule has 0 radical (unpaired) electrons. The first kappa shape index (κ1) is 14.1. The van der Waals surface area contributed by atoms with E-state index in [4.69, 9.17) is 4.74 Å². The molecule has 1 amide bonds. The van der Waals surface area contributed by atoms with Gasteiger partial charge in [-0.2, -0.15) is 0 Å². The predicted molar refractivity (Wildman–Crippen MR) is 82.1 cm³/mol. The minimum atomic E-state index is -0.319. The Kier molecular flexibility index (Phi) is 3.37. The van der Waals surface area contributed by atoms with Crippen LogP contribution in [0.15, 0.2) is 30.3 Å². The molecular weight excluding hydrogens is 278 g/mol. The minimum Gasteiger partial charge on any atom is -0.445 e. The van der Waals surface area contributed by atoms with Gasteiger partial charge in [-0.25, -0.2) is 4.79 Å². The average molecular weight is 301 g/mol. The van der Waals surface area contributed by atoms with Crippen LogP contribution in [0, 0.1) is 17.8 Å². The quantitative estimate of drug-likeness (QED) is 0.902. The second kappa shape index (κ2) is 5.27. The predicted octanol–water partition coefficient (Wildman–Crippen LogP) is 2.85. The number of hydrogen-bond donors (Lipinski definition) is 2. The normalized spacial score (nSPS) is 38.8. The summed E-state index contributed by atoms with van der Waals surface area (Å²) in [5, 5.41) is 13.4. The number of aliphatic hydroxyl groups is 1. The van der Waals surface area contributed by atoms with Crippen LogP contribution in [0.5, 0.6) is 0 Å². The monoisotopic (exact) mass is 301 g/mol. The van der Waals surface area contributed by atoms with Gasteiger partial charge in [-0.1, -0.05) is 30.3 Å². The Morgan fingerprint density at radius 3 is 2.55 bits per heavy atom. The van der Waals surface area contributed by atoms with Crippen LogP contribution in [0.3, 0.4) is 0 Å². The third-order valence-electron chi connectivity index (χ3n) is 5.80. The molecule has 0 heterocycles. The van der Waals surface area contributed by atoms with Crippen molar-refractivity contribution in [2.75, 3.05) is 0 Å². The van der Waals surface area contributed by atoms with Crippen molar-refractivity contribution in [1.29, 1.82) is 0 Å². The average Bonchev–Trinajstić information content (AvgIpc) is 2.50. The van der Waals surface area contributed by atoms with E-state index in [1.54, 1.807) is 0 Å². The highest BCUT2D eigenvalue weighted by atomic mass is 16.5. The summed E-state index contributed by atoms with van der Waals surface area (Å²) in [7, 11) is 0. The van der Waals surface area contributed by atoms with Crippen LogP contribution in [-0.2, 0) is 11.3 Å². The summed E-state index contributed by atoms with van der Waals surface area (Å²) in [6.07, 6.45) is 4.63. The van der Waals surface area contributed by atoms with Crippen LogP contribution < -0.4 is 5.32 Å². The van der Waals surface area contributed by atoms with E-state index in [0.29, 0.717) is 24.4 Å². The Bertz CT molecular complexity index is 543. The molecular formula is C18H23NO3. The van der Waals surface area contributed by atoms with Crippen molar-refractivity contribution in [3.63, 3.8) is 0 Å². The Labute approximate surface area is 130 Å². The standard InChI is InChI=1S/C18H23NO3/c20-16-14-6-13-7-15(16)10-18(8-13,9-14)19-17(21)22-11-12-4-2-1-3-5-12/h1-5,13-16,20H,6-11H2,(H,19,21)/t13?,14?,15?,16-,18-. The molecule has 1 aromatic carbocycles. The molecule has 22 heavy (non-hydrogen) atoms. The minimum absolute atomic E-state index is 0.135. The van der Waals surface area contributed by atoms with E-state index < -0.39 is 0 Å². The zero-order chi connectivity index (χ0) is 15.2. The van der Waals surface area contributed by atoms with Gasteiger partial charge in [-0.05, 0) is 55.4 Å². The topological polar surface area (TPSA) is 58.6 Å². The third kappa shape index (κ3) is 2.50. The smallest absolute Gasteiger partial charge is 0.407 e. The van der Waals surface area contributed by atoms with E-state index in [0.717, 1.165) is 37.7 Å². The van der Waals surface area contributed by atoms with Crippen molar-refractivity contribution < 1.29 is 14.6 Å². The molecule has 118 valence electrons. The fourth-order valence-corrected chi connectivity index (χ4v) is 5.13. The number of amides is 1. The molecule has 4 nitrogen and oxygen atoms in total. The Balaban J connectivity index is 1.38. The summed E-state index contributed by atoms with van der Waals surface area (Å²) >= 11 is 0. The van der Waals surface area contributed by atoms with Crippen molar-refractivity contribution in [2.24, 2.45) is 17.8 Å². The van der Waals surface area contributed by atoms with E-state index >= 15 is 0 Å². The highest BCUT2D eigenvalue weighted by molar-refractivity contribution is 5.68. The van der Waals surface area contributed by atoms with Gasteiger partial charge in [0.1, 0.15) is 6.61 Å². The van der Waals surface area contributed by atoms with Crippen molar-refractivity contribution in [1.82, 2.24) is 5.32 Å². The first-order valence-corrected chi connectivity index (χ1v) is 8.30. The van der Waals surface area contributed by atoms with Gasteiger partial charge in [0.25, 0.3) is 0 Å². The molecule has 4 saturated carbocycles. The van der Waals surface area contributed by atoms with Gasteiger partial charge in [0.05, 0.1) is 6.10 Å². The number of carbonyl (C=O) groups excluding carboxylic acids is 1. The molecule has 4 heteroatoms. The lowest BCUT2D eigenvalue weighted by Crippen LogP contribution is -2.63. The van der Waals surface area contributed by atoms with Gasteiger partial charge in [-0.3, -0.25) is 0 Å². The number of aliphatic hydroxyl groups excluding tert-OH is 1. The number of nitrogens with one attached hydrogen (secondary N) is 1. The fraction of sp³-hybridized carbons (Fsp3) is 0.611. The lowest BCUT2D eigenvalue weighted by atomic mass is 9.52. The zero-order valence-electron chi connectivity index (χ0n) is 12.7. The number of ether oxygens (including phenoxy) is 1. The summed E-state index contributed by atoms with van der Waals surface area (Å²) in [6, 6.07) is 9.74. The van der Waals surface area contributed by atoms with Crippen LogP contribution in [0.2, 0.25) is 0 Å². The first-order valence-electron chi connectivity index (χ1n) is 8.30. The Hall–Kier alpha value is -1.55. The van der Waals surface area contributed by atoms with Crippen LogP contribution in [0.25, 0.3) is 0 Å². The molecule has 2 N–H and O–H groups in total. The second-order valence-corrected chi connectivity index (χ2v) is 7.43. The largest absolute Gasteiger partial charge is 0.445 e. The van der Waals surface area contributed by atoms with Crippen molar-refractivity contribution in [2.45, 2.75) is 50.4 Å². The van der Waals surface area contributed by atoms with Crippen LogP contribution in [0.1, 0.15) is 37.7 Å². The molecule has 5 rings (SSSR count). The molecule has 0 aliphatic heterocycles. The Morgan fingerprint density at radius 2 is 1.86 bits per heavy atom. The number of benzene rings is 1. The number of carbonyl (C=O) groups is 1. The van der Waals surface area contributed by atoms with Crippen LogP contribution in [-0.4, -0.2) is 22.8 Å². The van der Waals surface area contributed by atoms with Gasteiger partial charge in [0, 0.05) is 5.54 Å². The van der Waals surface area contributed by atoms with Crippen LogP contribution in [0.4, 0.5) is 4.79 Å². The first-order chi connectivity index (χ1) is 10.6. The molecule has 1 aromatic rings. The molecule has 4 aliphatic rings. The van der Waals surface area contributed by atoms with Gasteiger partial charge in [0.15, 0.2) is 0 Å². The van der Waals surface area contributed by atoms with E-state index in [1.807, 2.05) is 30.3 Å². The molecule has 2 unspecified atom stereocenters. The Morgan fingerprint density at radius 1 is 1.18 bits per heavy atom. The van der Waals surface area contributed by atoms with Gasteiger partial charge < -0.3 is 15.2 Å². The molecule has 4 fully saturated rings. The summed E-state index contributed by atoms with van der Waals surface area (Å²) in [5.41, 5.74) is 0.863. The van der Waals surface area contributed by atoms with E-state index in [9.17, 15) is 9.90 Å². The zero-order valence-corrected chi connectivity index (χ0v) is 12.7. The van der Waals surface area contributed by atoms with Gasteiger partial charge in [-0.15, -0.1) is 0 Å². The maximum absolute atomic E-state index is 12.2. The summed E-state index contributed by atoms with van der Waals surface area (Å²) in [5.74, 6) is 1.39. The van der Waals surface area contributed by atoms with E-state index in [1.165, 1.54) is 0 Å². The van der Waals surface area contributed by atoms with Crippen molar-refractivity contribution >= 4 is 6.09 Å². The molecule has 2 atom stereocenters. The molecule has 4 aliphatic carbocycles. The lowest BCUT2D eigenvalue weighted by molar-refractivity contribution is -0.110. The molecule has 0 spiro atoms. The second-order valence-electron chi connectivity index (χ2n) is 7.43. The maximum atomic E-state index is 12.2. The number of alkyl carbamates (subject to hydrolysis) is 1.